The minimum atomic E-state index is -2.47. The first-order chi connectivity index (χ1) is 28.4. The Hall–Kier alpha value is -5.23. The first-order valence-electron chi connectivity index (χ1n) is 20.7. The number of fused-ring (bicyclic) bond motifs is 5. The minimum Gasteiger partial charge on any atom is -0.174 e. The molecule has 4 heterocycles. The summed E-state index contributed by atoms with van der Waals surface area (Å²) in [4.78, 5) is 5.05. The predicted octanol–water partition coefficient (Wildman–Crippen LogP) is 11.1. The number of imidazole rings is 1. The molecule has 9 aromatic rings. The predicted molar refractivity (Wildman–Crippen MR) is 230 cm³/mol. The number of hydrogen-bond donors (Lipinski definition) is 0. The molecule has 6 aromatic carbocycles. The molecule has 3 aromatic heterocycles. The Morgan fingerprint density at radius 1 is 0.772 bits per heavy atom. The molecule has 1 aliphatic rings. The van der Waals surface area contributed by atoms with Crippen molar-refractivity contribution >= 4 is 50.5 Å². The second-order valence-corrected chi connectivity index (χ2v) is 26.1. The van der Waals surface area contributed by atoms with E-state index in [1.165, 1.54) is 44.1 Å². The van der Waals surface area contributed by atoms with Crippen LogP contribution in [0.3, 0.4) is 0 Å². The molecule has 0 unspecified atom stereocenters. The van der Waals surface area contributed by atoms with Crippen molar-refractivity contribution < 1.29 is 34.5 Å². The van der Waals surface area contributed by atoms with Crippen molar-refractivity contribution in [2.75, 3.05) is 0 Å². The van der Waals surface area contributed by atoms with Crippen molar-refractivity contribution in [2.24, 2.45) is 6.98 Å². The summed E-state index contributed by atoms with van der Waals surface area (Å²) in [5.74, 6) is 6.95. The summed E-state index contributed by atoms with van der Waals surface area (Å²) in [6.07, 6.45) is 6.19. The number of nitrogens with zero attached hydrogens (tertiary/aromatic N) is 4. The number of pyridine rings is 1. The summed E-state index contributed by atoms with van der Waals surface area (Å²) in [6.45, 7) is 2.42. The molecule has 5 nitrogen and oxygen atoms in total. The maximum atomic E-state index is 8.08. The van der Waals surface area contributed by atoms with Gasteiger partial charge < -0.3 is 9.13 Å². The van der Waals surface area contributed by atoms with Crippen molar-refractivity contribution in [3.05, 3.63) is 164 Å². The summed E-state index contributed by atoms with van der Waals surface area (Å²) in [5.41, 5.74) is 10.3. The van der Waals surface area contributed by atoms with Crippen LogP contribution in [0.25, 0.3) is 66.6 Å². The number of para-hydroxylation sites is 3. The van der Waals surface area contributed by atoms with Gasteiger partial charge in [0.15, 0.2) is 0 Å². The Morgan fingerprint density at radius 3 is 2.39 bits per heavy atom. The van der Waals surface area contributed by atoms with Crippen LogP contribution >= 0.6 is 0 Å². The molecule has 0 saturated heterocycles. The van der Waals surface area contributed by atoms with E-state index in [1.54, 1.807) is 15.0 Å². The van der Waals surface area contributed by atoms with Gasteiger partial charge in [0.1, 0.15) is 0 Å². The quantitative estimate of drug-likeness (QED) is 0.0946. The fourth-order valence-corrected chi connectivity index (χ4v) is 16.3. The zero-order valence-electron chi connectivity index (χ0n) is 35.2. The van der Waals surface area contributed by atoms with Crippen LogP contribution in [0.2, 0.25) is 16.8 Å². The monoisotopic (exact) mass is 986 g/mol. The van der Waals surface area contributed by atoms with E-state index in [4.69, 9.17) is 13.8 Å². The summed E-state index contributed by atoms with van der Waals surface area (Å²) >= 11 is -2.47. The van der Waals surface area contributed by atoms with Gasteiger partial charge in [0.05, 0.1) is 22.1 Å². The van der Waals surface area contributed by atoms with Crippen LogP contribution in [-0.4, -0.2) is 27.4 Å². The van der Waals surface area contributed by atoms with E-state index in [9.17, 15) is 0 Å². The Kier molecular flexibility index (Phi) is 8.50. The van der Waals surface area contributed by atoms with Gasteiger partial charge in [-0.15, -0.1) is 0 Å². The number of aryl methyl sites for hydroxylation is 1. The molecule has 0 aliphatic carbocycles. The second-order valence-electron chi connectivity index (χ2n) is 16.1. The number of hydrogen-bond acceptors (Lipinski definition) is 2. The third-order valence-electron chi connectivity index (χ3n) is 11.7. The van der Waals surface area contributed by atoms with Gasteiger partial charge in [-0.3, -0.25) is 0 Å². The Morgan fingerprint density at radius 2 is 1.54 bits per heavy atom. The fourth-order valence-electron chi connectivity index (χ4n) is 8.76. The molecule has 0 fully saturated rings. The fraction of sp³-hybridized carbons (Fsp3) is 0.160. The van der Waals surface area contributed by atoms with Gasteiger partial charge in [-0.2, -0.15) is 12.1 Å². The first kappa shape index (κ1) is 33.9. The summed E-state index contributed by atoms with van der Waals surface area (Å²) < 4.78 is 37.4. The van der Waals surface area contributed by atoms with Crippen LogP contribution in [0.4, 0.5) is 0 Å². The van der Waals surface area contributed by atoms with E-state index >= 15 is 0 Å². The van der Waals surface area contributed by atoms with Gasteiger partial charge in [0.25, 0.3) is 0 Å². The second kappa shape index (κ2) is 14.3. The maximum absolute atomic E-state index is 8.08. The molecule has 7 heteroatoms. The Bertz CT molecular complexity index is 3100. The molecule has 284 valence electrons. The smallest absolute Gasteiger partial charge is 0.174 e. The van der Waals surface area contributed by atoms with Gasteiger partial charge in [-0.05, 0) is 0 Å². The average Bonchev–Trinajstić information content (AvgIpc) is 3.79. The third kappa shape index (κ3) is 6.36. The average molecular weight is 986 g/mol. The summed E-state index contributed by atoms with van der Waals surface area (Å²) in [7, 11) is 0. The summed E-state index contributed by atoms with van der Waals surface area (Å²) in [6, 6.07) is 52.3. The molecule has 0 N–H and O–H groups in total. The Balaban J connectivity index is 0.00000462. The van der Waals surface area contributed by atoms with Crippen molar-refractivity contribution in [1.82, 2.24) is 14.1 Å². The van der Waals surface area contributed by atoms with E-state index in [2.05, 4.69) is 133 Å². The van der Waals surface area contributed by atoms with Crippen molar-refractivity contribution in [1.29, 1.82) is 0 Å². The van der Waals surface area contributed by atoms with Crippen LogP contribution < -0.4 is 13.7 Å². The van der Waals surface area contributed by atoms with Crippen molar-refractivity contribution in [3.63, 3.8) is 0 Å². The third-order valence-corrected chi connectivity index (χ3v) is 18.7. The van der Waals surface area contributed by atoms with Gasteiger partial charge in [0, 0.05) is 21.1 Å². The molecule has 0 atom stereocenters. The van der Waals surface area contributed by atoms with Crippen molar-refractivity contribution in [3.8, 4) is 45.3 Å². The van der Waals surface area contributed by atoms with Gasteiger partial charge in [-0.25, -0.2) is 0 Å². The molecule has 0 bridgehead atoms. The van der Waals surface area contributed by atoms with Crippen LogP contribution in [0.1, 0.15) is 29.9 Å². The Labute approximate surface area is 355 Å². The topological polar surface area (TPSA) is 35.9 Å². The van der Waals surface area contributed by atoms with Gasteiger partial charge >= 0.3 is 257 Å². The normalized spacial score (nSPS) is 15.4. The van der Waals surface area contributed by atoms with E-state index in [0.29, 0.717) is 28.2 Å². The van der Waals surface area contributed by atoms with Crippen LogP contribution in [-0.2, 0) is 33.5 Å². The number of rotatable bonds is 6. The van der Waals surface area contributed by atoms with Crippen LogP contribution in [0.5, 0.6) is 11.5 Å². The zero-order valence-corrected chi connectivity index (χ0v) is 36.6. The van der Waals surface area contributed by atoms with Crippen LogP contribution in [0.15, 0.2) is 140 Å². The van der Waals surface area contributed by atoms with Gasteiger partial charge in [0.2, 0.25) is 6.33 Å². The van der Waals surface area contributed by atoms with E-state index in [0.717, 1.165) is 27.6 Å². The number of ether oxygens (including phenoxy) is 1. The molecule has 10 rings (SSSR count). The molecule has 0 amide bonds. The van der Waals surface area contributed by atoms with Gasteiger partial charge in [-0.1, -0.05) is 30.0 Å². The molecule has 0 saturated carbocycles. The van der Waals surface area contributed by atoms with Crippen molar-refractivity contribution in [2.45, 2.75) is 42.4 Å². The number of benzene rings is 6. The molecule has 0 spiro atoms. The molecule has 1 aliphatic heterocycles. The molecule has 0 radical (unpaired) electrons. The minimum absolute atomic E-state index is 0. The molecule has 57 heavy (non-hydrogen) atoms. The molecular weight excluding hydrogens is 940 g/mol. The number of aromatic nitrogens is 4. The van der Waals surface area contributed by atoms with E-state index in [1.807, 2.05) is 48.7 Å². The standard InChI is InChI=1S/C50H42GeN4O.Pt/c1-50(2)27-28-51(3,4)49-42(50)25-24-39(34-14-7-6-8-15-34)48(49)35-26-29-52-47(30-35)55-43-19-10-9-18-40(43)41-23-22-38(32-46(41)55)56-37-17-13-16-36(31-37)54-33-53(5)44-20-11-12-21-45(44)54;/h6-26,29-30H,27-28H2,1-5H3;/q-2;/i5D3;. The molecular formula is C50H42GeN4OPt-2. The van der Waals surface area contributed by atoms with Crippen LogP contribution in [0, 0.1) is 18.5 Å². The first-order valence-corrected chi connectivity index (χ1v) is 25.9. The summed E-state index contributed by atoms with van der Waals surface area (Å²) in [5, 5.41) is 3.43. The SMILES string of the molecule is [2H]C([2H])([2H])[n+]1[c-]n(-c2[c-]c(Oc3[c-]c4c(cc3)c3ccccc3n4-c3cc(-c4c(-c5ccccc5)ccc5[c]4[Ge]([CH3])([CH3])[CH2]CC5(C)C)ccn3)ccc2)c2ccccc21.[Pt]. The van der Waals surface area contributed by atoms with E-state index in [-0.39, 0.29) is 26.5 Å². The zero-order chi connectivity index (χ0) is 40.7. The van der Waals surface area contributed by atoms with E-state index < -0.39 is 20.2 Å².